The molecule has 0 atom stereocenters. The van der Waals surface area contributed by atoms with Gasteiger partial charge in [-0.2, -0.15) is 0 Å². The van der Waals surface area contributed by atoms with Gasteiger partial charge in [-0.1, -0.05) is 36.4 Å². The Balaban J connectivity index is 1.35. The zero-order valence-corrected chi connectivity index (χ0v) is 18.7. The molecule has 2 heterocycles. The second-order valence-corrected chi connectivity index (χ2v) is 7.84. The average Bonchev–Trinajstić information content (AvgIpc) is 3.34. The molecule has 0 saturated heterocycles. The fraction of sp³-hybridized carbons (Fsp3) is 0.167. The fourth-order valence-electron chi connectivity index (χ4n) is 3.16. The number of hydrogen-bond donors (Lipinski definition) is 1. The molecular weight excluding hydrogens is 456 g/mol. The van der Waals surface area contributed by atoms with Crippen molar-refractivity contribution in [1.29, 1.82) is 0 Å². The molecule has 0 amide bonds. The lowest BCUT2D eigenvalue weighted by Crippen LogP contribution is -2.13. The Hall–Kier alpha value is -3.16. The first-order valence-electron chi connectivity index (χ1n) is 9.90. The van der Waals surface area contributed by atoms with E-state index >= 15 is 0 Å². The summed E-state index contributed by atoms with van der Waals surface area (Å²) < 4.78 is 14.3. The molecule has 0 aliphatic carbocycles. The molecule has 2 aromatic carbocycles. The highest BCUT2D eigenvalue weighted by Gasteiger charge is 2.12. The number of nitrogens with zero attached hydrogens (tertiary/aromatic N) is 3. The van der Waals surface area contributed by atoms with E-state index in [1.807, 2.05) is 59.4 Å². The molecule has 0 spiro atoms. The third-order valence-corrected chi connectivity index (χ3v) is 5.34. The Bertz CT molecular complexity index is 1100. The van der Waals surface area contributed by atoms with Gasteiger partial charge in [-0.15, -0.1) is 0 Å². The van der Waals surface area contributed by atoms with E-state index in [4.69, 9.17) is 9.47 Å². The number of ether oxygens (including phenoxy) is 2. The quantitative estimate of drug-likeness (QED) is 0.370. The highest BCUT2D eigenvalue weighted by molar-refractivity contribution is 9.10. The molecule has 0 fully saturated rings. The summed E-state index contributed by atoms with van der Waals surface area (Å²) in [7, 11) is 1.65. The summed E-state index contributed by atoms with van der Waals surface area (Å²) in [6.45, 7) is 1.88. The van der Waals surface area contributed by atoms with Crippen molar-refractivity contribution in [2.24, 2.45) is 0 Å². The Morgan fingerprint density at radius 1 is 1.00 bits per heavy atom. The van der Waals surface area contributed by atoms with E-state index in [2.05, 4.69) is 43.3 Å². The van der Waals surface area contributed by atoms with Crippen LogP contribution in [0.3, 0.4) is 0 Å². The molecule has 0 unspecified atom stereocenters. The van der Waals surface area contributed by atoms with Crippen molar-refractivity contribution < 1.29 is 9.47 Å². The van der Waals surface area contributed by atoms with E-state index in [1.54, 1.807) is 19.6 Å². The Morgan fingerprint density at radius 2 is 1.84 bits per heavy atom. The van der Waals surface area contributed by atoms with Crippen molar-refractivity contribution in [1.82, 2.24) is 19.9 Å². The lowest BCUT2D eigenvalue weighted by Gasteiger charge is -2.15. The van der Waals surface area contributed by atoms with Gasteiger partial charge in [0.05, 0.1) is 11.6 Å². The van der Waals surface area contributed by atoms with Gasteiger partial charge in [-0.3, -0.25) is 4.57 Å². The van der Waals surface area contributed by atoms with E-state index in [-0.39, 0.29) is 0 Å². The van der Waals surface area contributed by atoms with Crippen LogP contribution in [0.15, 0.2) is 84.0 Å². The molecule has 4 rings (SSSR count). The fourth-order valence-corrected chi connectivity index (χ4v) is 3.77. The third-order valence-electron chi connectivity index (χ3n) is 4.75. The topological polar surface area (TPSA) is 61.2 Å². The number of rotatable bonds is 9. The maximum atomic E-state index is 6.01. The van der Waals surface area contributed by atoms with E-state index in [1.165, 1.54) is 0 Å². The zero-order chi connectivity index (χ0) is 21.5. The number of halogens is 1. The monoisotopic (exact) mass is 478 g/mol. The van der Waals surface area contributed by atoms with E-state index < -0.39 is 0 Å². The molecule has 6 nitrogen and oxygen atoms in total. The molecule has 1 N–H and O–H groups in total. The van der Waals surface area contributed by atoms with Gasteiger partial charge in [0.1, 0.15) is 18.8 Å². The summed E-state index contributed by atoms with van der Waals surface area (Å²) >= 11 is 3.63. The summed E-state index contributed by atoms with van der Waals surface area (Å²) in [6.07, 6.45) is 7.22. The number of nitrogens with one attached hydrogen (secondary N) is 1. The predicted octanol–water partition coefficient (Wildman–Crippen LogP) is 4.91. The minimum Gasteiger partial charge on any atom is -0.493 e. The molecular formula is C24H23BrN4O2. The van der Waals surface area contributed by atoms with Crippen LogP contribution in [-0.4, -0.2) is 21.6 Å². The second kappa shape index (κ2) is 10.2. The lowest BCUT2D eigenvalue weighted by molar-refractivity contribution is 0.282. The van der Waals surface area contributed by atoms with Gasteiger partial charge in [0.2, 0.25) is 0 Å². The highest BCUT2D eigenvalue weighted by atomic mass is 79.9. The van der Waals surface area contributed by atoms with Gasteiger partial charge in [0, 0.05) is 31.7 Å². The minimum absolute atomic E-state index is 0.482. The van der Waals surface area contributed by atoms with E-state index in [9.17, 15) is 0 Å². The number of methoxy groups -OCH3 is 1. The summed E-state index contributed by atoms with van der Waals surface area (Å²) in [6, 6.07) is 18.2. The largest absolute Gasteiger partial charge is 0.493 e. The first kappa shape index (κ1) is 21.1. The number of imidazole rings is 1. The molecule has 0 saturated carbocycles. The van der Waals surface area contributed by atoms with Crippen LogP contribution in [0.4, 0.5) is 0 Å². The zero-order valence-electron chi connectivity index (χ0n) is 17.2. The SMILES string of the molecule is COc1cc(CNCc2ccc(-n3ccnc3)nc2)cc(Br)c1OCc1ccccc1. The van der Waals surface area contributed by atoms with Crippen LogP contribution in [0, 0.1) is 0 Å². The van der Waals surface area contributed by atoms with Gasteiger partial charge < -0.3 is 14.8 Å². The van der Waals surface area contributed by atoms with Crippen LogP contribution in [0.2, 0.25) is 0 Å². The van der Waals surface area contributed by atoms with Crippen molar-refractivity contribution in [3.05, 3.63) is 101 Å². The summed E-state index contributed by atoms with van der Waals surface area (Å²) in [5.41, 5.74) is 3.31. The lowest BCUT2D eigenvalue weighted by atomic mass is 10.2. The molecule has 2 aromatic heterocycles. The molecule has 4 aromatic rings. The van der Waals surface area contributed by atoms with Gasteiger partial charge in [0.25, 0.3) is 0 Å². The molecule has 158 valence electrons. The summed E-state index contributed by atoms with van der Waals surface area (Å²) in [5, 5.41) is 3.45. The van der Waals surface area contributed by atoms with Crippen LogP contribution < -0.4 is 14.8 Å². The van der Waals surface area contributed by atoms with Crippen LogP contribution in [-0.2, 0) is 19.7 Å². The minimum atomic E-state index is 0.482. The van der Waals surface area contributed by atoms with Crippen LogP contribution >= 0.6 is 15.9 Å². The van der Waals surface area contributed by atoms with Gasteiger partial charge >= 0.3 is 0 Å². The number of benzene rings is 2. The standard InChI is InChI=1S/C24H23BrN4O2/c1-30-22-12-20(11-21(25)24(22)31-16-18-5-3-2-4-6-18)14-27-13-19-7-8-23(28-15-19)29-10-9-26-17-29/h2-12,15,17,27H,13-14,16H2,1H3. The van der Waals surface area contributed by atoms with Gasteiger partial charge in [-0.25, -0.2) is 9.97 Å². The van der Waals surface area contributed by atoms with Crippen molar-refractivity contribution in [3.8, 4) is 17.3 Å². The maximum absolute atomic E-state index is 6.01. The molecule has 0 aliphatic rings. The molecule has 31 heavy (non-hydrogen) atoms. The van der Waals surface area contributed by atoms with Crippen molar-refractivity contribution in [2.45, 2.75) is 19.7 Å². The Labute approximate surface area is 190 Å². The van der Waals surface area contributed by atoms with Crippen molar-refractivity contribution in [3.63, 3.8) is 0 Å². The van der Waals surface area contributed by atoms with Gasteiger partial charge in [-0.05, 0) is 50.8 Å². The molecule has 7 heteroatoms. The normalized spacial score (nSPS) is 10.8. The summed E-state index contributed by atoms with van der Waals surface area (Å²) in [5.74, 6) is 2.25. The Morgan fingerprint density at radius 3 is 2.55 bits per heavy atom. The Kier molecular flexibility index (Phi) is 6.96. The smallest absolute Gasteiger partial charge is 0.175 e. The van der Waals surface area contributed by atoms with Crippen molar-refractivity contribution in [2.75, 3.05) is 7.11 Å². The van der Waals surface area contributed by atoms with Crippen LogP contribution in [0.1, 0.15) is 16.7 Å². The average molecular weight is 479 g/mol. The van der Waals surface area contributed by atoms with Crippen molar-refractivity contribution >= 4 is 15.9 Å². The first-order valence-corrected chi connectivity index (χ1v) is 10.7. The highest BCUT2D eigenvalue weighted by Crippen LogP contribution is 2.37. The number of aromatic nitrogens is 3. The number of pyridine rings is 1. The van der Waals surface area contributed by atoms with E-state index in [0.29, 0.717) is 31.2 Å². The van der Waals surface area contributed by atoms with Crippen LogP contribution in [0.5, 0.6) is 11.5 Å². The number of hydrogen-bond acceptors (Lipinski definition) is 5. The second-order valence-electron chi connectivity index (χ2n) is 6.98. The predicted molar refractivity (Wildman–Crippen MR) is 123 cm³/mol. The maximum Gasteiger partial charge on any atom is 0.175 e. The first-order chi connectivity index (χ1) is 15.2. The third kappa shape index (κ3) is 5.51. The van der Waals surface area contributed by atoms with Crippen LogP contribution in [0.25, 0.3) is 5.82 Å². The molecule has 0 radical (unpaired) electrons. The van der Waals surface area contributed by atoms with Gasteiger partial charge in [0.15, 0.2) is 11.5 Å². The molecule has 0 aliphatic heterocycles. The summed E-state index contributed by atoms with van der Waals surface area (Å²) in [4.78, 5) is 8.53. The molecule has 0 bridgehead atoms. The van der Waals surface area contributed by atoms with E-state index in [0.717, 1.165) is 27.0 Å².